The van der Waals surface area contributed by atoms with Gasteiger partial charge in [0.25, 0.3) is 0 Å². The molecule has 0 aromatic carbocycles. The summed E-state index contributed by atoms with van der Waals surface area (Å²) in [6.45, 7) is 6.01. The maximum absolute atomic E-state index is 11.7. The van der Waals surface area contributed by atoms with Crippen LogP contribution in [0.4, 0.5) is 0 Å². The SMILES string of the molecule is CCCNCc1nccn1CC1CCCN(S(C)(=O)=O)C1. The van der Waals surface area contributed by atoms with Crippen molar-refractivity contribution in [2.75, 3.05) is 25.9 Å². The molecule has 1 aliphatic heterocycles. The van der Waals surface area contributed by atoms with Gasteiger partial charge in [0.1, 0.15) is 5.82 Å². The van der Waals surface area contributed by atoms with Crippen molar-refractivity contribution in [3.05, 3.63) is 18.2 Å². The molecule has 120 valence electrons. The molecule has 0 spiro atoms. The molecule has 1 aromatic heterocycles. The highest BCUT2D eigenvalue weighted by Gasteiger charge is 2.26. The summed E-state index contributed by atoms with van der Waals surface area (Å²) < 4.78 is 27.1. The van der Waals surface area contributed by atoms with Crippen molar-refractivity contribution >= 4 is 10.0 Å². The predicted octanol–water partition coefficient (Wildman–Crippen LogP) is 1.05. The summed E-state index contributed by atoms with van der Waals surface area (Å²) in [6, 6.07) is 0. The molecule has 0 amide bonds. The first-order valence-corrected chi connectivity index (χ1v) is 9.51. The lowest BCUT2D eigenvalue weighted by molar-refractivity contribution is 0.244. The van der Waals surface area contributed by atoms with Crippen molar-refractivity contribution in [2.24, 2.45) is 5.92 Å². The summed E-state index contributed by atoms with van der Waals surface area (Å²) in [5.41, 5.74) is 0. The van der Waals surface area contributed by atoms with Crippen LogP contribution in [-0.2, 0) is 23.1 Å². The first-order chi connectivity index (χ1) is 10.0. The van der Waals surface area contributed by atoms with Crippen LogP contribution in [0.2, 0.25) is 0 Å². The standard InChI is InChI=1S/C14H26N4O2S/c1-3-6-15-10-14-16-7-9-17(14)11-13-5-4-8-18(12-13)21(2,19)20/h7,9,13,15H,3-6,8,10-12H2,1-2H3. The van der Waals surface area contributed by atoms with Crippen LogP contribution in [0.3, 0.4) is 0 Å². The lowest BCUT2D eigenvalue weighted by Crippen LogP contribution is -2.40. The Labute approximate surface area is 127 Å². The van der Waals surface area contributed by atoms with E-state index in [-0.39, 0.29) is 0 Å². The maximum Gasteiger partial charge on any atom is 0.211 e. The van der Waals surface area contributed by atoms with Gasteiger partial charge in [-0.3, -0.25) is 0 Å². The van der Waals surface area contributed by atoms with Gasteiger partial charge in [-0.1, -0.05) is 6.92 Å². The molecule has 1 unspecified atom stereocenters. The minimum atomic E-state index is -3.07. The number of sulfonamides is 1. The lowest BCUT2D eigenvalue weighted by Gasteiger charge is -2.31. The highest BCUT2D eigenvalue weighted by molar-refractivity contribution is 7.88. The zero-order valence-electron chi connectivity index (χ0n) is 13.0. The molecule has 1 aliphatic rings. The van der Waals surface area contributed by atoms with Crippen LogP contribution in [0.5, 0.6) is 0 Å². The fraction of sp³-hybridized carbons (Fsp3) is 0.786. The molecule has 0 bridgehead atoms. The Bertz CT molecular complexity index is 541. The Morgan fingerprint density at radius 3 is 3.00 bits per heavy atom. The summed E-state index contributed by atoms with van der Waals surface area (Å²) in [4.78, 5) is 4.39. The van der Waals surface area contributed by atoms with Crippen molar-refractivity contribution < 1.29 is 8.42 Å². The van der Waals surface area contributed by atoms with E-state index in [2.05, 4.69) is 21.8 Å². The Hall–Kier alpha value is -0.920. The number of rotatable bonds is 7. The molecule has 1 atom stereocenters. The van der Waals surface area contributed by atoms with E-state index in [0.717, 1.165) is 44.7 Å². The van der Waals surface area contributed by atoms with E-state index in [4.69, 9.17) is 0 Å². The van der Waals surface area contributed by atoms with Crippen molar-refractivity contribution in [1.82, 2.24) is 19.2 Å². The van der Waals surface area contributed by atoms with Gasteiger partial charge in [0.05, 0.1) is 12.8 Å². The first kappa shape index (κ1) is 16.5. The van der Waals surface area contributed by atoms with Gasteiger partial charge in [0, 0.05) is 32.0 Å². The Morgan fingerprint density at radius 2 is 2.29 bits per heavy atom. The van der Waals surface area contributed by atoms with E-state index in [9.17, 15) is 8.42 Å². The van der Waals surface area contributed by atoms with E-state index in [1.807, 2.05) is 12.4 Å². The van der Waals surface area contributed by atoms with E-state index in [0.29, 0.717) is 19.0 Å². The minimum Gasteiger partial charge on any atom is -0.334 e. The molecule has 1 N–H and O–H groups in total. The van der Waals surface area contributed by atoms with Gasteiger partial charge in [-0.15, -0.1) is 0 Å². The summed E-state index contributed by atoms with van der Waals surface area (Å²) in [5.74, 6) is 1.40. The highest BCUT2D eigenvalue weighted by atomic mass is 32.2. The van der Waals surface area contributed by atoms with Gasteiger partial charge in [-0.25, -0.2) is 17.7 Å². The molecule has 2 rings (SSSR count). The van der Waals surface area contributed by atoms with Gasteiger partial charge in [-0.2, -0.15) is 0 Å². The van der Waals surface area contributed by atoms with Gasteiger partial charge in [-0.05, 0) is 31.7 Å². The third-order valence-electron chi connectivity index (χ3n) is 3.92. The van der Waals surface area contributed by atoms with Gasteiger partial charge in [0.15, 0.2) is 0 Å². The van der Waals surface area contributed by atoms with Crippen LogP contribution < -0.4 is 5.32 Å². The minimum absolute atomic E-state index is 0.368. The van der Waals surface area contributed by atoms with E-state index >= 15 is 0 Å². The second-order valence-electron chi connectivity index (χ2n) is 5.80. The molecule has 0 aliphatic carbocycles. The number of imidazole rings is 1. The molecule has 1 aromatic rings. The maximum atomic E-state index is 11.7. The quantitative estimate of drug-likeness (QED) is 0.764. The number of hydrogen-bond donors (Lipinski definition) is 1. The summed E-state index contributed by atoms with van der Waals surface area (Å²) in [5, 5.41) is 3.36. The molecule has 0 radical (unpaired) electrons. The van der Waals surface area contributed by atoms with Crippen LogP contribution in [0.15, 0.2) is 12.4 Å². The normalized spacial score (nSPS) is 20.8. The smallest absolute Gasteiger partial charge is 0.211 e. The summed E-state index contributed by atoms with van der Waals surface area (Å²) in [7, 11) is -3.07. The second-order valence-corrected chi connectivity index (χ2v) is 7.78. The Kier molecular flexibility index (Phi) is 5.78. The molecule has 7 heteroatoms. The molecule has 2 heterocycles. The average molecular weight is 314 g/mol. The monoisotopic (exact) mass is 314 g/mol. The van der Waals surface area contributed by atoms with E-state index in [1.165, 1.54) is 6.26 Å². The Morgan fingerprint density at radius 1 is 1.48 bits per heavy atom. The zero-order valence-corrected chi connectivity index (χ0v) is 13.8. The number of aromatic nitrogens is 2. The topological polar surface area (TPSA) is 67.2 Å². The summed E-state index contributed by atoms with van der Waals surface area (Å²) in [6.07, 6.45) is 8.23. The first-order valence-electron chi connectivity index (χ1n) is 7.66. The van der Waals surface area contributed by atoms with Gasteiger partial charge < -0.3 is 9.88 Å². The van der Waals surface area contributed by atoms with Crippen LogP contribution >= 0.6 is 0 Å². The van der Waals surface area contributed by atoms with Crippen molar-refractivity contribution in [1.29, 1.82) is 0 Å². The molecule has 1 fully saturated rings. The largest absolute Gasteiger partial charge is 0.334 e. The van der Waals surface area contributed by atoms with Crippen LogP contribution in [0.1, 0.15) is 32.0 Å². The number of nitrogens with zero attached hydrogens (tertiary/aromatic N) is 3. The summed E-state index contributed by atoms with van der Waals surface area (Å²) >= 11 is 0. The second kappa shape index (κ2) is 7.38. The van der Waals surface area contributed by atoms with E-state index in [1.54, 1.807) is 4.31 Å². The third-order valence-corrected chi connectivity index (χ3v) is 5.19. The molecule has 0 saturated carbocycles. The highest BCUT2D eigenvalue weighted by Crippen LogP contribution is 2.20. The van der Waals surface area contributed by atoms with Crippen molar-refractivity contribution in [3.8, 4) is 0 Å². The molecular formula is C14H26N4O2S. The van der Waals surface area contributed by atoms with Crippen molar-refractivity contribution in [3.63, 3.8) is 0 Å². The molecule has 21 heavy (non-hydrogen) atoms. The number of hydrogen-bond acceptors (Lipinski definition) is 4. The molecule has 1 saturated heterocycles. The van der Waals surface area contributed by atoms with Crippen LogP contribution in [0.25, 0.3) is 0 Å². The van der Waals surface area contributed by atoms with E-state index < -0.39 is 10.0 Å². The Balaban J connectivity index is 1.94. The third kappa shape index (κ3) is 4.79. The lowest BCUT2D eigenvalue weighted by atomic mass is 9.99. The zero-order chi connectivity index (χ0) is 15.3. The van der Waals surface area contributed by atoms with Crippen LogP contribution in [0, 0.1) is 5.92 Å². The fourth-order valence-corrected chi connectivity index (χ4v) is 3.75. The average Bonchev–Trinajstić information content (AvgIpc) is 2.86. The van der Waals surface area contributed by atoms with Crippen LogP contribution in [-0.4, -0.2) is 48.2 Å². The van der Waals surface area contributed by atoms with Gasteiger partial charge in [0.2, 0.25) is 10.0 Å². The molecule has 6 nitrogen and oxygen atoms in total. The van der Waals surface area contributed by atoms with Gasteiger partial charge >= 0.3 is 0 Å². The number of nitrogens with one attached hydrogen (secondary N) is 1. The predicted molar refractivity (Wildman–Crippen MR) is 83.4 cm³/mol. The molecular weight excluding hydrogens is 288 g/mol. The number of piperidine rings is 1. The fourth-order valence-electron chi connectivity index (χ4n) is 2.81. The van der Waals surface area contributed by atoms with Crippen molar-refractivity contribution in [2.45, 2.75) is 39.3 Å².